The fraction of sp³-hybridized carbons (Fsp3) is 0. The molecular weight excluding hydrogens is 186 g/mol. The van der Waals surface area contributed by atoms with Crippen molar-refractivity contribution >= 4 is 17.7 Å². The third-order valence-electron chi connectivity index (χ3n) is 1.54. The van der Waals surface area contributed by atoms with E-state index in [-0.39, 0.29) is 11.3 Å². The van der Waals surface area contributed by atoms with Gasteiger partial charge in [0.1, 0.15) is 0 Å². The third-order valence-corrected chi connectivity index (χ3v) is 1.54. The van der Waals surface area contributed by atoms with E-state index >= 15 is 0 Å². The number of nitro groups is 1. The topological polar surface area (TPSA) is 96.6 Å². The van der Waals surface area contributed by atoms with Gasteiger partial charge in [-0.25, -0.2) is 0 Å². The number of hydrogen-bond donors (Lipinski definition) is 0. The second kappa shape index (κ2) is 4.06. The first kappa shape index (κ1) is 9.76. The Bertz CT molecular complexity index is 418. The molecule has 0 bridgehead atoms. The largest absolute Gasteiger partial charge is 0.361 e. The first-order valence-corrected chi connectivity index (χ1v) is 3.61. The van der Waals surface area contributed by atoms with Crippen LogP contribution in [0.4, 0.5) is 5.69 Å². The van der Waals surface area contributed by atoms with Crippen LogP contribution in [-0.2, 0) is 0 Å². The molecule has 6 heteroatoms. The SMILES string of the molecule is [N-]=[N+]=CC(=O)c1ccc([N+](=O)[O-])cc1. The first-order chi connectivity index (χ1) is 6.65. The summed E-state index contributed by atoms with van der Waals surface area (Å²) in [5.41, 5.74) is 8.22. The van der Waals surface area contributed by atoms with E-state index in [0.717, 1.165) is 6.21 Å². The lowest BCUT2D eigenvalue weighted by Crippen LogP contribution is -2.00. The van der Waals surface area contributed by atoms with Crippen LogP contribution in [0, 0.1) is 10.1 Å². The van der Waals surface area contributed by atoms with Crippen molar-refractivity contribution in [2.24, 2.45) is 0 Å². The van der Waals surface area contributed by atoms with E-state index in [4.69, 9.17) is 5.53 Å². The molecule has 0 aliphatic rings. The van der Waals surface area contributed by atoms with Crippen molar-refractivity contribution in [3.05, 3.63) is 45.5 Å². The molecule has 1 aromatic rings. The lowest BCUT2D eigenvalue weighted by Gasteiger charge is -1.92. The maximum absolute atomic E-state index is 11.0. The predicted octanol–water partition coefficient (Wildman–Crippen LogP) is 1.08. The summed E-state index contributed by atoms with van der Waals surface area (Å²) < 4.78 is 0. The standard InChI is InChI=1S/C8H5N3O3/c9-10-5-8(12)6-1-3-7(4-2-6)11(13)14/h1-5H. The number of ketones is 1. The van der Waals surface area contributed by atoms with Crippen molar-refractivity contribution in [3.63, 3.8) is 0 Å². The summed E-state index contributed by atoms with van der Waals surface area (Å²) in [7, 11) is 0. The van der Waals surface area contributed by atoms with Crippen LogP contribution in [-0.4, -0.2) is 21.7 Å². The fourth-order valence-electron chi connectivity index (χ4n) is 0.874. The van der Waals surface area contributed by atoms with E-state index in [1.54, 1.807) is 0 Å². The minimum Gasteiger partial charge on any atom is -0.361 e. The Balaban J connectivity index is 2.99. The number of rotatable bonds is 3. The zero-order valence-electron chi connectivity index (χ0n) is 6.95. The predicted molar refractivity (Wildman–Crippen MR) is 47.1 cm³/mol. The van der Waals surface area contributed by atoms with Gasteiger partial charge in [-0.2, -0.15) is 4.79 Å². The quantitative estimate of drug-likeness (QED) is 0.178. The number of benzene rings is 1. The molecule has 1 aromatic carbocycles. The Hall–Kier alpha value is -2.33. The van der Waals surface area contributed by atoms with Gasteiger partial charge in [-0.1, -0.05) is 0 Å². The number of carbonyl (C=O) groups is 1. The number of hydrogen-bond acceptors (Lipinski definition) is 3. The van der Waals surface area contributed by atoms with Crippen molar-refractivity contribution in [2.75, 3.05) is 0 Å². The van der Waals surface area contributed by atoms with E-state index in [0.29, 0.717) is 0 Å². The third kappa shape index (κ3) is 2.09. The van der Waals surface area contributed by atoms with Crippen molar-refractivity contribution < 1.29 is 14.5 Å². The highest BCUT2D eigenvalue weighted by molar-refractivity contribution is 6.33. The number of nitro benzene ring substituents is 1. The molecule has 0 spiro atoms. The number of non-ortho nitro benzene ring substituents is 1. The Morgan fingerprint density at radius 2 is 2.00 bits per heavy atom. The summed E-state index contributed by atoms with van der Waals surface area (Å²) in [5.74, 6) is -0.512. The van der Waals surface area contributed by atoms with Crippen LogP contribution in [0.2, 0.25) is 0 Å². The molecule has 0 radical (unpaired) electrons. The van der Waals surface area contributed by atoms with Gasteiger partial charge in [-0.05, 0) is 12.1 Å². The average Bonchev–Trinajstić information content (AvgIpc) is 2.18. The molecule has 0 fully saturated rings. The van der Waals surface area contributed by atoms with E-state index in [2.05, 4.69) is 4.79 Å². The van der Waals surface area contributed by atoms with E-state index in [1.165, 1.54) is 24.3 Å². The molecular formula is C8H5N3O3. The highest BCUT2D eigenvalue weighted by atomic mass is 16.6. The van der Waals surface area contributed by atoms with Crippen molar-refractivity contribution in [3.8, 4) is 0 Å². The summed E-state index contributed by atoms with van der Waals surface area (Å²) in [5, 5.41) is 10.3. The lowest BCUT2D eigenvalue weighted by molar-refractivity contribution is -0.384. The van der Waals surface area contributed by atoms with Crippen LogP contribution in [0.25, 0.3) is 5.53 Å². The van der Waals surface area contributed by atoms with Crippen molar-refractivity contribution in [2.45, 2.75) is 0 Å². The minimum absolute atomic E-state index is 0.0949. The van der Waals surface area contributed by atoms with Crippen LogP contribution in [0.1, 0.15) is 10.4 Å². The molecule has 0 aliphatic carbocycles. The Labute approximate surface area is 78.6 Å². The number of Topliss-reactive ketones (excluding diaryl/α,β-unsaturated/α-hetero) is 1. The maximum atomic E-state index is 11.0. The van der Waals surface area contributed by atoms with Crippen molar-refractivity contribution in [1.29, 1.82) is 0 Å². The fourth-order valence-corrected chi connectivity index (χ4v) is 0.874. The highest BCUT2D eigenvalue weighted by Gasteiger charge is 2.09. The van der Waals surface area contributed by atoms with Crippen LogP contribution < -0.4 is 0 Å². The van der Waals surface area contributed by atoms with Gasteiger partial charge in [0.15, 0.2) is 0 Å². The molecule has 0 saturated heterocycles. The second-order valence-corrected chi connectivity index (χ2v) is 2.41. The average molecular weight is 191 g/mol. The first-order valence-electron chi connectivity index (χ1n) is 3.61. The molecule has 0 N–H and O–H groups in total. The molecule has 6 nitrogen and oxygen atoms in total. The van der Waals surface area contributed by atoms with Gasteiger partial charge in [0.05, 0.1) is 4.92 Å². The maximum Gasteiger partial charge on any atom is 0.328 e. The van der Waals surface area contributed by atoms with Gasteiger partial charge < -0.3 is 5.53 Å². The smallest absolute Gasteiger partial charge is 0.328 e. The molecule has 1 rings (SSSR count). The zero-order valence-corrected chi connectivity index (χ0v) is 6.95. The summed E-state index contributed by atoms with van der Waals surface area (Å²) in [4.78, 5) is 23.3. The monoisotopic (exact) mass is 191 g/mol. The van der Waals surface area contributed by atoms with E-state index in [1.807, 2.05) is 0 Å². The Morgan fingerprint density at radius 1 is 1.43 bits per heavy atom. The Kier molecular flexibility index (Phi) is 2.83. The van der Waals surface area contributed by atoms with Crippen LogP contribution >= 0.6 is 0 Å². The van der Waals surface area contributed by atoms with Crippen LogP contribution in [0.3, 0.4) is 0 Å². The van der Waals surface area contributed by atoms with Gasteiger partial charge in [0, 0.05) is 17.7 Å². The highest BCUT2D eigenvalue weighted by Crippen LogP contribution is 2.11. The molecule has 70 valence electrons. The van der Waals surface area contributed by atoms with Gasteiger partial charge in [-0.15, -0.1) is 0 Å². The second-order valence-electron chi connectivity index (χ2n) is 2.41. The summed E-state index contributed by atoms with van der Waals surface area (Å²) >= 11 is 0. The molecule has 14 heavy (non-hydrogen) atoms. The molecule has 0 aliphatic heterocycles. The Morgan fingerprint density at radius 3 is 2.43 bits per heavy atom. The van der Waals surface area contributed by atoms with E-state index in [9.17, 15) is 14.9 Å². The van der Waals surface area contributed by atoms with Gasteiger partial charge >= 0.3 is 6.21 Å². The zero-order chi connectivity index (χ0) is 10.6. The molecule has 0 unspecified atom stereocenters. The molecule has 0 atom stereocenters. The summed E-state index contributed by atoms with van der Waals surface area (Å²) in [6.07, 6.45) is 0.723. The van der Waals surface area contributed by atoms with Gasteiger partial charge in [0.25, 0.3) is 11.5 Å². The van der Waals surface area contributed by atoms with Gasteiger partial charge in [0.2, 0.25) is 0 Å². The number of carbonyl (C=O) groups excluding carboxylic acids is 1. The minimum atomic E-state index is -0.561. The lowest BCUT2D eigenvalue weighted by atomic mass is 10.1. The summed E-state index contributed by atoms with van der Waals surface area (Å²) in [6.45, 7) is 0. The van der Waals surface area contributed by atoms with Crippen LogP contribution in [0.15, 0.2) is 24.3 Å². The number of nitrogens with zero attached hydrogens (tertiary/aromatic N) is 3. The molecule has 0 aromatic heterocycles. The van der Waals surface area contributed by atoms with E-state index < -0.39 is 10.7 Å². The normalized spacial score (nSPS) is 8.86. The van der Waals surface area contributed by atoms with Crippen LogP contribution in [0.5, 0.6) is 0 Å². The van der Waals surface area contributed by atoms with Gasteiger partial charge in [-0.3, -0.25) is 14.9 Å². The molecule has 0 heterocycles. The molecule has 0 saturated carbocycles. The summed E-state index contributed by atoms with van der Waals surface area (Å²) in [6, 6.07) is 5.00. The van der Waals surface area contributed by atoms with Crippen molar-refractivity contribution in [1.82, 2.24) is 0 Å². The molecule has 0 amide bonds.